The van der Waals surface area contributed by atoms with Crippen molar-refractivity contribution in [1.82, 2.24) is 0 Å². The van der Waals surface area contributed by atoms with Crippen molar-refractivity contribution >= 4 is 21.4 Å². The van der Waals surface area contributed by atoms with Crippen LogP contribution in [-0.2, 0) is 6.61 Å². The monoisotopic (exact) mass is 421 g/mol. The van der Waals surface area contributed by atoms with E-state index in [-0.39, 0.29) is 5.92 Å². The van der Waals surface area contributed by atoms with Crippen molar-refractivity contribution in [3.8, 4) is 34.8 Å². The molecular formula is C28H23NOS. The number of aryl methyl sites for hydroxylation is 1. The van der Waals surface area contributed by atoms with Gasteiger partial charge in [0.25, 0.3) is 0 Å². The second-order valence-corrected chi connectivity index (χ2v) is 8.37. The predicted molar refractivity (Wildman–Crippen MR) is 129 cm³/mol. The van der Waals surface area contributed by atoms with E-state index < -0.39 is 0 Å². The molecule has 0 aliphatic heterocycles. The fourth-order valence-electron chi connectivity index (χ4n) is 3.73. The Labute approximate surface area is 187 Å². The molecule has 0 aliphatic rings. The van der Waals surface area contributed by atoms with Crippen molar-refractivity contribution in [2.24, 2.45) is 0 Å². The van der Waals surface area contributed by atoms with Gasteiger partial charge in [0.1, 0.15) is 12.4 Å². The Morgan fingerprint density at radius 2 is 1.81 bits per heavy atom. The van der Waals surface area contributed by atoms with Crippen molar-refractivity contribution in [3.05, 3.63) is 88.8 Å². The van der Waals surface area contributed by atoms with Crippen molar-refractivity contribution in [2.45, 2.75) is 32.8 Å². The van der Waals surface area contributed by atoms with Crippen LogP contribution in [0.15, 0.2) is 72.1 Å². The lowest BCUT2D eigenvalue weighted by molar-refractivity contribution is 0.306. The summed E-state index contributed by atoms with van der Waals surface area (Å²) in [5.41, 5.74) is 6.04. The third-order valence-electron chi connectivity index (χ3n) is 5.38. The van der Waals surface area contributed by atoms with Crippen LogP contribution in [0.2, 0.25) is 0 Å². The molecule has 31 heavy (non-hydrogen) atoms. The molecule has 3 heteroatoms. The lowest BCUT2D eigenvalue weighted by Crippen LogP contribution is -1.97. The van der Waals surface area contributed by atoms with Gasteiger partial charge in [-0.15, -0.1) is 17.3 Å². The minimum absolute atomic E-state index is 0.0510. The Hall–Kier alpha value is -3.53. The van der Waals surface area contributed by atoms with E-state index >= 15 is 0 Å². The molecule has 152 valence electrons. The topological polar surface area (TPSA) is 33.0 Å². The van der Waals surface area contributed by atoms with Crippen molar-refractivity contribution in [3.63, 3.8) is 0 Å². The number of nitrogens with zero attached hydrogens (tertiary/aromatic N) is 1. The number of ether oxygens (including phenoxy) is 1. The van der Waals surface area contributed by atoms with Crippen LogP contribution < -0.4 is 4.74 Å². The molecule has 0 bridgehead atoms. The highest BCUT2D eigenvalue weighted by Gasteiger charge is 2.10. The smallest absolute Gasteiger partial charge is 0.119 e. The zero-order valence-corrected chi connectivity index (χ0v) is 18.5. The first-order chi connectivity index (χ1) is 15.2. The highest BCUT2D eigenvalue weighted by Crippen LogP contribution is 2.36. The van der Waals surface area contributed by atoms with Gasteiger partial charge in [0, 0.05) is 15.6 Å². The first kappa shape index (κ1) is 20.7. The second-order valence-electron chi connectivity index (χ2n) is 7.46. The van der Waals surface area contributed by atoms with Gasteiger partial charge in [-0.2, -0.15) is 5.26 Å². The Balaban J connectivity index is 1.52. The highest BCUT2D eigenvalue weighted by molar-refractivity contribution is 7.17. The van der Waals surface area contributed by atoms with Crippen LogP contribution in [0, 0.1) is 30.1 Å². The predicted octanol–water partition coefficient (Wildman–Crippen LogP) is 7.48. The molecule has 4 aromatic rings. The largest absolute Gasteiger partial charge is 0.489 e. The molecule has 0 N–H and O–H groups in total. The number of hydrogen-bond acceptors (Lipinski definition) is 3. The summed E-state index contributed by atoms with van der Waals surface area (Å²) in [7, 11) is 0. The summed E-state index contributed by atoms with van der Waals surface area (Å²) >= 11 is 1.78. The molecule has 3 aromatic carbocycles. The van der Waals surface area contributed by atoms with Crippen LogP contribution in [0.5, 0.6) is 5.75 Å². The van der Waals surface area contributed by atoms with Crippen molar-refractivity contribution in [2.75, 3.05) is 0 Å². The molecule has 1 atom stereocenters. The van der Waals surface area contributed by atoms with Crippen molar-refractivity contribution in [1.29, 1.82) is 5.26 Å². The van der Waals surface area contributed by atoms with E-state index in [0.29, 0.717) is 13.0 Å². The fraction of sp³-hybridized carbons (Fsp3) is 0.179. The fourth-order valence-corrected chi connectivity index (χ4v) is 4.67. The van der Waals surface area contributed by atoms with E-state index in [4.69, 9.17) is 10.00 Å². The zero-order valence-electron chi connectivity index (χ0n) is 17.7. The minimum Gasteiger partial charge on any atom is -0.489 e. The molecule has 0 spiro atoms. The van der Waals surface area contributed by atoms with Crippen LogP contribution in [0.1, 0.15) is 36.0 Å². The molecule has 0 amide bonds. The van der Waals surface area contributed by atoms with Gasteiger partial charge in [0.15, 0.2) is 0 Å². The molecule has 1 heterocycles. The van der Waals surface area contributed by atoms with E-state index in [0.717, 1.165) is 16.9 Å². The molecule has 0 aliphatic carbocycles. The van der Waals surface area contributed by atoms with E-state index in [2.05, 4.69) is 72.7 Å². The standard InChI is InChI=1S/C28H23NOS/c1-3-6-22(15-16-29)23-10-12-24(13-11-23)30-18-21-9-14-28-26(17-21)27(19-31-28)25-8-5-4-7-20(25)2/h4-5,7-14,17,19,22H,15,18H2,1-2H3/t22-/m0/s1. The first-order valence-electron chi connectivity index (χ1n) is 10.3. The molecule has 2 nitrogen and oxygen atoms in total. The van der Waals surface area contributed by atoms with Crippen LogP contribution in [0.4, 0.5) is 0 Å². The summed E-state index contributed by atoms with van der Waals surface area (Å²) in [6.07, 6.45) is 0.394. The van der Waals surface area contributed by atoms with Crippen LogP contribution in [-0.4, -0.2) is 0 Å². The third kappa shape index (κ3) is 4.64. The van der Waals surface area contributed by atoms with Gasteiger partial charge < -0.3 is 4.74 Å². The molecule has 0 radical (unpaired) electrons. The quantitative estimate of drug-likeness (QED) is 0.302. The van der Waals surface area contributed by atoms with Gasteiger partial charge in [-0.05, 0) is 65.7 Å². The Morgan fingerprint density at radius 1 is 1.00 bits per heavy atom. The van der Waals surface area contributed by atoms with Crippen molar-refractivity contribution < 1.29 is 4.74 Å². The summed E-state index contributed by atoms with van der Waals surface area (Å²) in [4.78, 5) is 0. The van der Waals surface area contributed by atoms with Crippen LogP contribution in [0.25, 0.3) is 21.2 Å². The van der Waals surface area contributed by atoms with Gasteiger partial charge in [0.2, 0.25) is 0 Å². The number of rotatable bonds is 6. The second kappa shape index (κ2) is 9.52. The Bertz CT molecular complexity index is 1300. The van der Waals surface area contributed by atoms with E-state index in [1.807, 2.05) is 24.3 Å². The molecule has 1 aromatic heterocycles. The number of fused-ring (bicyclic) bond motifs is 1. The van der Waals surface area contributed by atoms with Gasteiger partial charge in [-0.1, -0.05) is 48.4 Å². The highest BCUT2D eigenvalue weighted by atomic mass is 32.1. The summed E-state index contributed by atoms with van der Waals surface area (Å²) in [5.74, 6) is 6.78. The lowest BCUT2D eigenvalue weighted by Gasteiger charge is -2.10. The van der Waals surface area contributed by atoms with Gasteiger partial charge in [0.05, 0.1) is 18.4 Å². The summed E-state index contributed by atoms with van der Waals surface area (Å²) in [6, 6.07) is 25.2. The number of benzene rings is 3. The van der Waals surface area contributed by atoms with E-state index in [1.165, 1.54) is 26.8 Å². The van der Waals surface area contributed by atoms with E-state index in [1.54, 1.807) is 18.3 Å². The maximum Gasteiger partial charge on any atom is 0.119 e. The molecular weight excluding hydrogens is 398 g/mol. The lowest BCUT2D eigenvalue weighted by atomic mass is 9.97. The SMILES string of the molecule is CC#C[C@@H](CC#N)c1ccc(OCc2ccc3scc(-c4ccccc4C)c3c2)cc1. The number of nitriles is 1. The van der Waals surface area contributed by atoms with Crippen LogP contribution in [0.3, 0.4) is 0 Å². The molecule has 4 rings (SSSR count). The molecule has 0 saturated carbocycles. The Kier molecular flexibility index (Phi) is 6.37. The molecule has 0 saturated heterocycles. The average molecular weight is 422 g/mol. The third-order valence-corrected chi connectivity index (χ3v) is 6.34. The summed E-state index contributed by atoms with van der Waals surface area (Å²) in [6.45, 7) is 4.47. The zero-order chi connectivity index (χ0) is 21.6. The van der Waals surface area contributed by atoms with E-state index in [9.17, 15) is 0 Å². The number of thiophene rings is 1. The normalized spacial score (nSPS) is 11.4. The van der Waals surface area contributed by atoms with Gasteiger partial charge >= 0.3 is 0 Å². The first-order valence-corrected chi connectivity index (χ1v) is 11.2. The van der Waals surface area contributed by atoms with Crippen LogP contribution >= 0.6 is 11.3 Å². The Morgan fingerprint density at radius 3 is 2.55 bits per heavy atom. The summed E-state index contributed by atoms with van der Waals surface area (Å²) in [5, 5.41) is 12.5. The molecule has 0 fully saturated rings. The maximum absolute atomic E-state index is 9.01. The number of hydrogen-bond donors (Lipinski definition) is 0. The van der Waals surface area contributed by atoms with Gasteiger partial charge in [-0.25, -0.2) is 0 Å². The van der Waals surface area contributed by atoms with Gasteiger partial charge in [-0.3, -0.25) is 0 Å². The minimum atomic E-state index is -0.0510. The molecule has 0 unspecified atom stereocenters. The average Bonchev–Trinajstić information content (AvgIpc) is 3.21. The summed E-state index contributed by atoms with van der Waals surface area (Å²) < 4.78 is 7.33. The maximum atomic E-state index is 9.01.